The highest BCUT2D eigenvalue weighted by Gasteiger charge is 2.50. The predicted molar refractivity (Wildman–Crippen MR) is 166 cm³/mol. The van der Waals surface area contributed by atoms with Crippen LogP contribution in [0.5, 0.6) is 0 Å². The molecule has 19 heteroatoms. The number of carboxylic acids is 2. The summed E-state index contributed by atoms with van der Waals surface area (Å²) in [5, 5.41) is 21.6. The zero-order valence-corrected chi connectivity index (χ0v) is 27.6. The van der Waals surface area contributed by atoms with Gasteiger partial charge in [-0.1, -0.05) is 12.7 Å². The first-order valence-corrected chi connectivity index (χ1v) is 16.3. The van der Waals surface area contributed by atoms with Crippen molar-refractivity contribution in [2.24, 2.45) is 5.73 Å². The summed E-state index contributed by atoms with van der Waals surface area (Å²) in [5.41, 5.74) is 6.74. The third kappa shape index (κ3) is 8.81. The van der Waals surface area contributed by atoms with E-state index in [1.54, 1.807) is 32.8 Å². The molecule has 0 saturated carbocycles. The number of alkyl halides is 3. The second kappa shape index (κ2) is 15.3. The number of rotatable bonds is 9. The summed E-state index contributed by atoms with van der Waals surface area (Å²) in [4.78, 5) is 75.3. The monoisotopic (exact) mass is 724 g/mol. The van der Waals surface area contributed by atoms with Gasteiger partial charge in [0, 0.05) is 49.6 Å². The lowest BCUT2D eigenvalue weighted by Crippen LogP contribution is -2.69. The smallest absolute Gasteiger partial charge is 0.490 e. The number of halogens is 3. The molecule has 5 heterocycles. The summed E-state index contributed by atoms with van der Waals surface area (Å²) in [5.74, 6) is -4.76. The first kappa shape index (κ1) is 37.9. The Bertz CT molecular complexity index is 1630. The summed E-state index contributed by atoms with van der Waals surface area (Å²) in [6, 6.07) is 2.94. The SMILES string of the molecule is C=CCOC(=O)N1CCC(C)(NC(=O)C[n+]2ccc(CN3CCC(=CC4=C(C(=O)[O-])N5C(=O)[C@@H](N)[C@H]5SC4)C3=O)cc2)C1.O=C(O)C(F)(F)F. The fourth-order valence-electron chi connectivity index (χ4n) is 5.70. The molecule has 4 amide bonds. The summed E-state index contributed by atoms with van der Waals surface area (Å²) in [6.45, 7) is 7.32. The maximum atomic E-state index is 13.1. The number of amides is 4. The zero-order chi connectivity index (χ0) is 37.0. The Balaban J connectivity index is 0.000000727. The minimum atomic E-state index is -5.08. The van der Waals surface area contributed by atoms with Crippen LogP contribution in [0.4, 0.5) is 18.0 Å². The Kier molecular flexibility index (Phi) is 11.6. The van der Waals surface area contributed by atoms with Crippen LogP contribution in [0, 0.1) is 0 Å². The molecular weight excluding hydrogens is 689 g/mol. The summed E-state index contributed by atoms with van der Waals surface area (Å²) in [6.07, 6.45) is 2.15. The minimum Gasteiger partial charge on any atom is -0.543 e. The first-order valence-electron chi connectivity index (χ1n) is 15.2. The van der Waals surface area contributed by atoms with Gasteiger partial charge < -0.3 is 40.6 Å². The molecule has 5 rings (SSSR count). The average Bonchev–Trinajstić information content (AvgIpc) is 3.61. The van der Waals surface area contributed by atoms with Crippen LogP contribution in [0.25, 0.3) is 0 Å². The molecule has 270 valence electrons. The van der Waals surface area contributed by atoms with Crippen molar-refractivity contribution in [2.75, 3.05) is 32.0 Å². The molecule has 4 aliphatic heterocycles. The maximum Gasteiger partial charge on any atom is 0.490 e. The van der Waals surface area contributed by atoms with Crippen molar-refractivity contribution in [2.45, 2.75) is 56.0 Å². The highest BCUT2D eigenvalue weighted by atomic mass is 32.2. The number of carboxylic acid groups (broad SMARTS) is 2. The molecule has 4 aliphatic rings. The fourth-order valence-corrected chi connectivity index (χ4v) is 6.96. The topological polar surface area (TPSA) is 207 Å². The number of β-lactam (4-membered cyclic amide) rings is 1. The van der Waals surface area contributed by atoms with Crippen molar-refractivity contribution < 1.29 is 61.5 Å². The maximum absolute atomic E-state index is 13.1. The number of ether oxygens (including phenoxy) is 1. The van der Waals surface area contributed by atoms with Crippen LogP contribution >= 0.6 is 11.8 Å². The lowest BCUT2D eigenvalue weighted by Gasteiger charge is -2.49. The van der Waals surface area contributed by atoms with Crippen LogP contribution < -0.4 is 20.7 Å². The number of hydrogen-bond donors (Lipinski definition) is 3. The molecule has 1 unspecified atom stereocenters. The van der Waals surface area contributed by atoms with Crippen LogP contribution in [0.3, 0.4) is 0 Å². The van der Waals surface area contributed by atoms with E-state index in [0.29, 0.717) is 55.9 Å². The Morgan fingerprint density at radius 1 is 1.24 bits per heavy atom. The van der Waals surface area contributed by atoms with E-state index in [-0.39, 0.29) is 30.7 Å². The lowest BCUT2D eigenvalue weighted by molar-refractivity contribution is -0.684. The second-order valence-corrected chi connectivity index (χ2v) is 13.2. The molecular formula is C31H35F3N6O9S. The van der Waals surface area contributed by atoms with E-state index in [4.69, 9.17) is 20.4 Å². The molecule has 1 aromatic rings. The third-order valence-electron chi connectivity index (χ3n) is 8.19. The van der Waals surface area contributed by atoms with Crippen molar-refractivity contribution in [1.29, 1.82) is 0 Å². The molecule has 0 aliphatic carbocycles. The van der Waals surface area contributed by atoms with Crippen molar-refractivity contribution in [1.82, 2.24) is 20.0 Å². The average molecular weight is 725 g/mol. The molecule has 15 nitrogen and oxygen atoms in total. The fraction of sp³-hybridized carbons (Fsp3) is 0.452. The van der Waals surface area contributed by atoms with Crippen molar-refractivity contribution in [3.63, 3.8) is 0 Å². The Morgan fingerprint density at radius 2 is 1.90 bits per heavy atom. The van der Waals surface area contributed by atoms with Crippen molar-refractivity contribution >= 4 is 47.5 Å². The van der Waals surface area contributed by atoms with E-state index in [0.717, 1.165) is 10.5 Å². The predicted octanol–water partition coefficient (Wildman–Crippen LogP) is -0.584. The van der Waals surface area contributed by atoms with E-state index in [9.17, 15) is 42.3 Å². The molecule has 3 fully saturated rings. The zero-order valence-electron chi connectivity index (χ0n) is 26.8. The molecule has 0 aromatic carbocycles. The summed E-state index contributed by atoms with van der Waals surface area (Å²) >= 11 is 1.37. The number of nitrogens with two attached hydrogens (primary N) is 1. The van der Waals surface area contributed by atoms with Gasteiger partial charge in [-0.3, -0.25) is 19.3 Å². The second-order valence-electron chi connectivity index (χ2n) is 12.1. The van der Waals surface area contributed by atoms with Crippen LogP contribution in [0.2, 0.25) is 0 Å². The number of allylic oxidation sites excluding steroid dienone is 1. The number of carbonyl (C=O) groups is 6. The van der Waals surface area contributed by atoms with Crippen LogP contribution in [-0.2, 0) is 41.8 Å². The largest absolute Gasteiger partial charge is 0.543 e. The number of fused-ring (bicyclic) bond motifs is 1. The molecule has 50 heavy (non-hydrogen) atoms. The van der Waals surface area contributed by atoms with Crippen LogP contribution in [0.15, 0.2) is 60.1 Å². The lowest BCUT2D eigenvalue weighted by atomic mass is 10.0. The van der Waals surface area contributed by atoms with Gasteiger partial charge in [0.2, 0.25) is 18.4 Å². The number of carbonyl (C=O) groups excluding carboxylic acids is 5. The molecule has 4 N–H and O–H groups in total. The Labute approximate surface area is 288 Å². The van der Waals surface area contributed by atoms with Crippen molar-refractivity contribution in [3.8, 4) is 0 Å². The Hall–Kier alpha value is -4.91. The summed E-state index contributed by atoms with van der Waals surface area (Å²) in [7, 11) is 0. The van der Waals surface area contributed by atoms with Gasteiger partial charge in [0.1, 0.15) is 18.0 Å². The van der Waals surface area contributed by atoms with Gasteiger partial charge in [0.15, 0.2) is 12.4 Å². The molecule has 3 atom stereocenters. The molecule has 0 spiro atoms. The van der Waals surface area contributed by atoms with Gasteiger partial charge in [-0.25, -0.2) is 9.59 Å². The van der Waals surface area contributed by atoms with Crippen LogP contribution in [0.1, 0.15) is 25.3 Å². The van der Waals surface area contributed by atoms with E-state index in [1.807, 2.05) is 19.1 Å². The number of likely N-dealkylation sites (tertiary alicyclic amines) is 2. The van der Waals surface area contributed by atoms with E-state index in [1.165, 1.54) is 17.8 Å². The van der Waals surface area contributed by atoms with E-state index >= 15 is 0 Å². The normalized spacial score (nSPS) is 23.9. The Morgan fingerprint density at radius 3 is 2.50 bits per heavy atom. The molecule has 1 aromatic heterocycles. The number of pyridine rings is 1. The number of aromatic nitrogens is 1. The van der Waals surface area contributed by atoms with Gasteiger partial charge in [-0.15, -0.1) is 11.8 Å². The number of aliphatic carboxylic acids is 2. The van der Waals surface area contributed by atoms with Gasteiger partial charge >= 0.3 is 18.2 Å². The highest BCUT2D eigenvalue weighted by molar-refractivity contribution is 8.00. The number of nitrogens with zero attached hydrogens (tertiary/aromatic N) is 4. The number of thioether (sulfide) groups is 1. The highest BCUT2D eigenvalue weighted by Crippen LogP contribution is 2.40. The number of nitrogens with one attached hydrogen (secondary N) is 1. The van der Waals surface area contributed by atoms with Gasteiger partial charge in [-0.2, -0.15) is 17.7 Å². The molecule has 0 bridgehead atoms. The minimum absolute atomic E-state index is 0.0888. The summed E-state index contributed by atoms with van der Waals surface area (Å²) < 4.78 is 38.6. The van der Waals surface area contributed by atoms with Crippen LogP contribution in [-0.4, -0.2) is 111 Å². The number of hydrogen-bond acceptors (Lipinski definition) is 10. The molecule has 3 saturated heterocycles. The van der Waals surface area contributed by atoms with Gasteiger partial charge in [0.25, 0.3) is 5.91 Å². The molecule has 0 radical (unpaired) electrons. The quantitative estimate of drug-likeness (QED) is 0.127. The standard InChI is InChI=1S/C29H34N6O7S.C2HF3O2/c1-3-12-42-28(41)34-11-7-29(2,17-34)31-21(36)15-32-8-4-18(5-9-32)14-33-10-6-19(24(33)37)13-20-16-43-26-22(30)25(38)35(26)23(20)27(39)40;3-2(4,5)1(6)7/h3-5,8-9,13,22,26H,1,6-7,10-12,14-17,30H2,2H3,(H-,31,36,39,40);(H,6,7)/t22-,26-,29?;/m1./s1. The van der Waals surface area contributed by atoms with Crippen molar-refractivity contribution in [3.05, 3.63) is 65.7 Å². The van der Waals surface area contributed by atoms with Gasteiger partial charge in [0.05, 0.1) is 17.2 Å². The third-order valence-corrected chi connectivity index (χ3v) is 9.52. The van der Waals surface area contributed by atoms with Gasteiger partial charge in [-0.05, 0) is 37.0 Å². The first-order chi connectivity index (χ1) is 23.4. The van der Waals surface area contributed by atoms with E-state index < -0.39 is 47.1 Å². The van der Waals surface area contributed by atoms with E-state index in [2.05, 4.69) is 11.9 Å².